The molecule has 21 heavy (non-hydrogen) atoms. The predicted octanol–water partition coefficient (Wildman–Crippen LogP) is 2.59. The second kappa shape index (κ2) is 5.83. The first-order valence-electron chi connectivity index (χ1n) is 6.53. The van der Waals surface area contributed by atoms with Crippen LogP contribution >= 0.6 is 0 Å². The summed E-state index contributed by atoms with van der Waals surface area (Å²) in [4.78, 5) is 23.9. The molecule has 0 saturated heterocycles. The topological polar surface area (TPSA) is 82.5 Å². The molecule has 0 radical (unpaired) electrons. The third kappa shape index (κ3) is 2.97. The second-order valence-electron chi connectivity index (χ2n) is 4.81. The lowest BCUT2D eigenvalue weighted by molar-refractivity contribution is -0.127. The summed E-state index contributed by atoms with van der Waals surface area (Å²) < 4.78 is 10.7. The number of aryl methyl sites for hydroxylation is 2. The number of furan rings is 1. The maximum absolute atomic E-state index is 12.3. The van der Waals surface area contributed by atoms with Crippen molar-refractivity contribution < 1.29 is 18.7 Å². The molecule has 1 aromatic carbocycles. The minimum atomic E-state index is -1.12. The van der Waals surface area contributed by atoms with Crippen LogP contribution in [0.5, 0.6) is 0 Å². The number of nitrogens with two attached hydrogens (primary N) is 1. The molecule has 2 aromatic rings. The fourth-order valence-electron chi connectivity index (χ4n) is 2.18. The van der Waals surface area contributed by atoms with Crippen molar-refractivity contribution in [3.8, 4) is 0 Å². The Morgan fingerprint density at radius 3 is 2.19 bits per heavy atom. The summed E-state index contributed by atoms with van der Waals surface area (Å²) in [7, 11) is 0. The third-order valence-electron chi connectivity index (χ3n) is 3.35. The zero-order chi connectivity index (χ0) is 15.6. The van der Waals surface area contributed by atoms with Crippen molar-refractivity contribution in [1.82, 2.24) is 0 Å². The Morgan fingerprint density at radius 1 is 1.10 bits per heavy atom. The number of amides is 1. The van der Waals surface area contributed by atoms with Crippen LogP contribution in [-0.4, -0.2) is 11.9 Å². The van der Waals surface area contributed by atoms with E-state index in [1.165, 1.54) is 0 Å². The van der Waals surface area contributed by atoms with Crippen molar-refractivity contribution >= 4 is 11.9 Å². The van der Waals surface area contributed by atoms with E-state index in [-0.39, 0.29) is 0 Å². The molecule has 0 aliphatic carbocycles. The van der Waals surface area contributed by atoms with E-state index in [1.807, 2.05) is 0 Å². The van der Waals surface area contributed by atoms with Gasteiger partial charge in [-0.2, -0.15) is 0 Å². The van der Waals surface area contributed by atoms with Gasteiger partial charge in [0, 0.05) is 11.1 Å². The molecular weight excluding hydrogens is 270 g/mol. The molecule has 0 aliphatic rings. The van der Waals surface area contributed by atoms with Gasteiger partial charge in [0.2, 0.25) is 6.10 Å². The molecule has 5 nitrogen and oxygen atoms in total. The molecule has 0 fully saturated rings. The minimum absolute atomic E-state index is 0.342. The smallest absolute Gasteiger partial charge is 0.343 e. The van der Waals surface area contributed by atoms with Gasteiger partial charge >= 0.3 is 5.97 Å². The van der Waals surface area contributed by atoms with Gasteiger partial charge in [-0.25, -0.2) is 4.79 Å². The summed E-state index contributed by atoms with van der Waals surface area (Å²) in [5.74, 6) is -0.222. The van der Waals surface area contributed by atoms with Crippen LogP contribution in [0, 0.1) is 20.8 Å². The highest BCUT2D eigenvalue weighted by Crippen LogP contribution is 2.25. The lowest BCUT2D eigenvalue weighted by atomic mass is 10.1. The fraction of sp³-hybridized carbons (Fsp3) is 0.250. The number of esters is 1. The van der Waals surface area contributed by atoms with Crippen LogP contribution in [0.2, 0.25) is 0 Å². The molecule has 0 aliphatic heterocycles. The van der Waals surface area contributed by atoms with Crippen molar-refractivity contribution in [2.24, 2.45) is 5.73 Å². The van der Waals surface area contributed by atoms with E-state index in [4.69, 9.17) is 14.9 Å². The van der Waals surface area contributed by atoms with Gasteiger partial charge in [-0.1, -0.05) is 30.3 Å². The molecule has 110 valence electrons. The number of rotatable bonds is 4. The zero-order valence-electron chi connectivity index (χ0n) is 12.2. The van der Waals surface area contributed by atoms with Crippen LogP contribution in [0.4, 0.5) is 0 Å². The molecule has 1 aromatic heterocycles. The quantitative estimate of drug-likeness (QED) is 0.876. The van der Waals surface area contributed by atoms with Crippen LogP contribution in [-0.2, 0) is 9.53 Å². The maximum Gasteiger partial charge on any atom is 0.343 e. The SMILES string of the molecule is Cc1oc(C)c(C(=O)OC(C(N)=O)c2ccccc2)c1C. The van der Waals surface area contributed by atoms with Crippen LogP contribution in [0.1, 0.15) is 39.1 Å². The highest BCUT2D eigenvalue weighted by molar-refractivity contribution is 5.94. The number of hydrogen-bond donors (Lipinski definition) is 1. The normalized spacial score (nSPS) is 12.0. The van der Waals surface area contributed by atoms with Crippen molar-refractivity contribution in [2.75, 3.05) is 0 Å². The molecule has 0 spiro atoms. The number of carbonyl (C=O) groups excluding carboxylic acids is 2. The molecule has 0 bridgehead atoms. The highest BCUT2D eigenvalue weighted by Gasteiger charge is 2.27. The number of benzene rings is 1. The molecule has 0 saturated carbocycles. The average Bonchev–Trinajstić information content (AvgIpc) is 2.70. The predicted molar refractivity (Wildman–Crippen MR) is 76.7 cm³/mol. The first kappa shape index (κ1) is 14.8. The number of carbonyl (C=O) groups is 2. The summed E-state index contributed by atoms with van der Waals surface area (Å²) in [6.45, 7) is 5.21. The number of hydrogen-bond acceptors (Lipinski definition) is 4. The van der Waals surface area contributed by atoms with Gasteiger partial charge in [-0.3, -0.25) is 4.79 Å². The van der Waals surface area contributed by atoms with E-state index >= 15 is 0 Å². The van der Waals surface area contributed by atoms with Crippen LogP contribution in [0.3, 0.4) is 0 Å². The summed E-state index contributed by atoms with van der Waals surface area (Å²) in [5.41, 5.74) is 6.92. The van der Waals surface area contributed by atoms with E-state index < -0.39 is 18.0 Å². The van der Waals surface area contributed by atoms with Gasteiger partial charge in [-0.15, -0.1) is 0 Å². The zero-order valence-corrected chi connectivity index (χ0v) is 12.2. The molecular formula is C16H17NO4. The molecule has 1 amide bonds. The Hall–Kier alpha value is -2.56. The summed E-state index contributed by atoms with van der Waals surface area (Å²) >= 11 is 0. The largest absolute Gasteiger partial charge is 0.465 e. The Balaban J connectivity index is 2.30. The van der Waals surface area contributed by atoms with E-state index in [2.05, 4.69) is 0 Å². The van der Waals surface area contributed by atoms with Crippen LogP contribution in [0.15, 0.2) is 34.7 Å². The van der Waals surface area contributed by atoms with Crippen molar-refractivity contribution in [3.05, 3.63) is 58.5 Å². The molecule has 1 unspecified atom stereocenters. The Kier molecular flexibility index (Phi) is 4.12. The number of primary amides is 1. The Labute approximate surface area is 122 Å². The van der Waals surface area contributed by atoms with Gasteiger partial charge in [-0.05, 0) is 20.8 Å². The fourth-order valence-corrected chi connectivity index (χ4v) is 2.18. The van der Waals surface area contributed by atoms with Crippen molar-refractivity contribution in [1.29, 1.82) is 0 Å². The van der Waals surface area contributed by atoms with Gasteiger partial charge in [0.05, 0.1) is 0 Å². The lowest BCUT2D eigenvalue weighted by Crippen LogP contribution is -2.26. The minimum Gasteiger partial charge on any atom is -0.465 e. The molecule has 5 heteroatoms. The summed E-state index contributed by atoms with van der Waals surface area (Å²) in [6, 6.07) is 8.67. The average molecular weight is 287 g/mol. The third-order valence-corrected chi connectivity index (χ3v) is 3.35. The molecule has 2 N–H and O–H groups in total. The van der Waals surface area contributed by atoms with Gasteiger partial charge < -0.3 is 14.9 Å². The maximum atomic E-state index is 12.3. The first-order chi connectivity index (χ1) is 9.91. The Bertz CT molecular complexity index is 673. The van der Waals surface area contributed by atoms with Crippen molar-refractivity contribution in [3.63, 3.8) is 0 Å². The van der Waals surface area contributed by atoms with Gasteiger partial charge in [0.25, 0.3) is 5.91 Å². The van der Waals surface area contributed by atoms with Crippen LogP contribution in [0.25, 0.3) is 0 Å². The molecule has 1 heterocycles. The standard InChI is InChI=1S/C16H17NO4/c1-9-10(2)20-11(3)13(9)16(19)21-14(15(17)18)12-7-5-4-6-8-12/h4-8,14H,1-3H3,(H2,17,18). The van der Waals surface area contributed by atoms with E-state index in [1.54, 1.807) is 51.1 Å². The highest BCUT2D eigenvalue weighted by atomic mass is 16.5. The van der Waals surface area contributed by atoms with Gasteiger partial charge in [0.15, 0.2) is 0 Å². The molecule has 2 rings (SSSR count). The summed E-state index contributed by atoms with van der Waals surface area (Å²) in [5, 5.41) is 0. The second-order valence-corrected chi connectivity index (χ2v) is 4.81. The first-order valence-corrected chi connectivity index (χ1v) is 6.53. The van der Waals surface area contributed by atoms with E-state index in [0.717, 1.165) is 0 Å². The lowest BCUT2D eigenvalue weighted by Gasteiger charge is -2.15. The number of ether oxygens (including phenoxy) is 1. The van der Waals surface area contributed by atoms with E-state index in [0.29, 0.717) is 28.2 Å². The van der Waals surface area contributed by atoms with Crippen molar-refractivity contribution in [2.45, 2.75) is 26.9 Å². The summed E-state index contributed by atoms with van der Waals surface area (Å²) in [6.07, 6.45) is -1.12. The van der Waals surface area contributed by atoms with E-state index in [9.17, 15) is 9.59 Å². The molecule has 1 atom stereocenters. The van der Waals surface area contributed by atoms with Crippen LogP contribution < -0.4 is 5.73 Å². The Morgan fingerprint density at radius 2 is 1.71 bits per heavy atom. The van der Waals surface area contributed by atoms with Gasteiger partial charge in [0.1, 0.15) is 17.1 Å². The monoisotopic (exact) mass is 287 g/mol.